The predicted octanol–water partition coefficient (Wildman–Crippen LogP) is 4.14. The van der Waals surface area contributed by atoms with Gasteiger partial charge in [0.1, 0.15) is 0 Å². The van der Waals surface area contributed by atoms with Gasteiger partial charge in [0.05, 0.1) is 10.6 Å². The summed E-state index contributed by atoms with van der Waals surface area (Å²) in [7, 11) is -2.20. The molecule has 0 aliphatic heterocycles. The van der Waals surface area contributed by atoms with E-state index in [2.05, 4.69) is 5.32 Å². The summed E-state index contributed by atoms with van der Waals surface area (Å²) in [6.07, 6.45) is 0.678. The minimum Gasteiger partial charge on any atom is -0.352 e. The first-order chi connectivity index (χ1) is 13.9. The highest BCUT2D eigenvalue weighted by atomic mass is 35.5. The van der Waals surface area contributed by atoms with Crippen LogP contribution in [0.25, 0.3) is 0 Å². The fourth-order valence-corrected chi connectivity index (χ4v) is 4.11. The Kier molecular flexibility index (Phi) is 6.56. The molecule has 0 aliphatic carbocycles. The van der Waals surface area contributed by atoms with E-state index in [-0.39, 0.29) is 10.8 Å². The zero-order valence-corrected chi connectivity index (χ0v) is 17.5. The van der Waals surface area contributed by atoms with Gasteiger partial charge in [-0.25, -0.2) is 8.42 Å². The Bertz CT molecular complexity index is 1070. The van der Waals surface area contributed by atoms with E-state index in [9.17, 15) is 13.2 Å². The van der Waals surface area contributed by atoms with E-state index in [1.165, 1.54) is 35.6 Å². The quantitative estimate of drug-likeness (QED) is 0.615. The third kappa shape index (κ3) is 5.16. The molecule has 3 aromatic carbocycles. The molecular weight excluding hydrogens is 408 g/mol. The Hall–Kier alpha value is -2.83. The van der Waals surface area contributed by atoms with Gasteiger partial charge in [0, 0.05) is 24.2 Å². The van der Waals surface area contributed by atoms with Crippen LogP contribution in [-0.4, -0.2) is 27.9 Å². The van der Waals surface area contributed by atoms with Crippen molar-refractivity contribution in [2.45, 2.75) is 11.3 Å². The summed E-state index contributed by atoms with van der Waals surface area (Å²) < 4.78 is 26.8. The second-order valence-electron chi connectivity index (χ2n) is 6.46. The number of rotatable bonds is 7. The van der Waals surface area contributed by atoms with Crippen LogP contribution in [0.1, 0.15) is 15.9 Å². The first-order valence-corrected chi connectivity index (χ1v) is 10.9. The molecule has 0 saturated heterocycles. The van der Waals surface area contributed by atoms with E-state index >= 15 is 0 Å². The molecule has 1 N–H and O–H groups in total. The molecule has 3 rings (SSSR count). The molecule has 29 heavy (non-hydrogen) atoms. The number of nitrogens with zero attached hydrogens (tertiary/aromatic N) is 1. The van der Waals surface area contributed by atoms with Crippen LogP contribution in [0.4, 0.5) is 5.69 Å². The van der Waals surface area contributed by atoms with Gasteiger partial charge in [0.25, 0.3) is 15.9 Å². The first kappa shape index (κ1) is 20.9. The lowest BCUT2D eigenvalue weighted by Crippen LogP contribution is -2.27. The number of nitrogens with one attached hydrogen (secondary N) is 1. The van der Waals surface area contributed by atoms with Gasteiger partial charge in [-0.1, -0.05) is 41.9 Å². The molecule has 0 atom stereocenters. The van der Waals surface area contributed by atoms with Crippen molar-refractivity contribution in [3.8, 4) is 0 Å². The summed E-state index contributed by atoms with van der Waals surface area (Å²) in [4.78, 5) is 12.4. The first-order valence-electron chi connectivity index (χ1n) is 9.04. The van der Waals surface area contributed by atoms with E-state index in [0.29, 0.717) is 29.2 Å². The number of para-hydroxylation sites is 1. The lowest BCUT2D eigenvalue weighted by atomic mass is 10.1. The molecule has 0 spiro atoms. The summed E-state index contributed by atoms with van der Waals surface area (Å²) in [6.45, 7) is 0.470. The van der Waals surface area contributed by atoms with Crippen LogP contribution in [0.15, 0.2) is 83.8 Å². The smallest absolute Gasteiger partial charge is 0.264 e. The van der Waals surface area contributed by atoms with E-state index < -0.39 is 10.0 Å². The van der Waals surface area contributed by atoms with Gasteiger partial charge >= 0.3 is 0 Å². The number of halogens is 1. The molecule has 0 unspecified atom stereocenters. The van der Waals surface area contributed by atoms with Crippen LogP contribution in [0.2, 0.25) is 5.02 Å². The maximum absolute atomic E-state index is 12.8. The molecule has 5 nitrogen and oxygen atoms in total. The molecule has 0 aliphatic rings. The molecule has 0 heterocycles. The second kappa shape index (κ2) is 9.11. The van der Waals surface area contributed by atoms with Crippen molar-refractivity contribution >= 4 is 33.2 Å². The van der Waals surface area contributed by atoms with E-state index in [1.807, 2.05) is 30.3 Å². The lowest BCUT2D eigenvalue weighted by molar-refractivity contribution is 0.0954. The third-order valence-corrected chi connectivity index (χ3v) is 6.56. The molecule has 0 bridgehead atoms. The molecule has 150 valence electrons. The predicted molar refractivity (Wildman–Crippen MR) is 116 cm³/mol. The zero-order chi connectivity index (χ0) is 20.9. The van der Waals surface area contributed by atoms with E-state index in [4.69, 9.17) is 11.6 Å². The summed E-state index contributed by atoms with van der Waals surface area (Å²) >= 11 is 5.86. The number of carbonyl (C=O) groups excluding carboxylic acids is 1. The number of sulfonamides is 1. The Morgan fingerprint density at radius 1 is 0.931 bits per heavy atom. The zero-order valence-electron chi connectivity index (χ0n) is 15.9. The largest absolute Gasteiger partial charge is 0.352 e. The minimum absolute atomic E-state index is 0.126. The van der Waals surface area contributed by atoms with Crippen LogP contribution in [0, 0.1) is 0 Å². The van der Waals surface area contributed by atoms with Gasteiger partial charge in [-0.3, -0.25) is 9.10 Å². The Balaban J connectivity index is 1.63. The molecule has 0 radical (unpaired) electrons. The summed E-state index contributed by atoms with van der Waals surface area (Å²) in [5, 5.41) is 3.51. The standard InChI is InChI=1S/C22H21ClN2O3S/c1-25(20-5-3-2-4-6-20)29(27,28)21-13-9-18(10-14-21)22(26)24-16-15-17-7-11-19(23)12-8-17/h2-14H,15-16H2,1H3,(H,24,26). The fourth-order valence-electron chi connectivity index (χ4n) is 2.79. The Morgan fingerprint density at radius 2 is 1.55 bits per heavy atom. The monoisotopic (exact) mass is 428 g/mol. The van der Waals surface area contributed by atoms with Gasteiger partial charge in [-0.05, 0) is 60.5 Å². The molecule has 7 heteroatoms. The van der Waals surface area contributed by atoms with E-state index in [1.54, 1.807) is 24.3 Å². The summed E-state index contributed by atoms with van der Waals surface area (Å²) in [6, 6.07) is 22.2. The van der Waals surface area contributed by atoms with Crippen molar-refractivity contribution in [1.29, 1.82) is 0 Å². The van der Waals surface area contributed by atoms with Crippen molar-refractivity contribution in [3.63, 3.8) is 0 Å². The molecule has 0 fully saturated rings. The highest BCUT2D eigenvalue weighted by molar-refractivity contribution is 7.92. The van der Waals surface area contributed by atoms with E-state index in [0.717, 1.165) is 5.56 Å². The summed E-state index contributed by atoms with van der Waals surface area (Å²) in [5.74, 6) is -0.251. The Morgan fingerprint density at radius 3 is 2.17 bits per heavy atom. The van der Waals surface area contributed by atoms with Crippen molar-refractivity contribution in [2.75, 3.05) is 17.9 Å². The molecule has 3 aromatic rings. The van der Waals surface area contributed by atoms with Gasteiger partial charge in [0.15, 0.2) is 0 Å². The third-order valence-electron chi connectivity index (χ3n) is 4.51. The molecule has 0 aromatic heterocycles. The van der Waals surface area contributed by atoms with Crippen molar-refractivity contribution < 1.29 is 13.2 Å². The van der Waals surface area contributed by atoms with Crippen LogP contribution in [0.3, 0.4) is 0 Å². The minimum atomic E-state index is -3.70. The maximum Gasteiger partial charge on any atom is 0.264 e. The van der Waals surface area contributed by atoms with Crippen molar-refractivity contribution in [1.82, 2.24) is 5.32 Å². The summed E-state index contributed by atoms with van der Waals surface area (Å²) in [5.41, 5.74) is 2.04. The normalized spacial score (nSPS) is 11.1. The number of anilines is 1. The fraction of sp³-hybridized carbons (Fsp3) is 0.136. The number of hydrogen-bond acceptors (Lipinski definition) is 3. The average molecular weight is 429 g/mol. The topological polar surface area (TPSA) is 66.5 Å². The molecule has 0 saturated carbocycles. The van der Waals surface area contributed by atoms with Crippen LogP contribution < -0.4 is 9.62 Å². The van der Waals surface area contributed by atoms with Gasteiger partial charge in [-0.2, -0.15) is 0 Å². The van der Waals surface area contributed by atoms with Gasteiger partial charge < -0.3 is 5.32 Å². The highest BCUT2D eigenvalue weighted by Crippen LogP contribution is 2.21. The SMILES string of the molecule is CN(c1ccccc1)S(=O)(=O)c1ccc(C(=O)NCCc2ccc(Cl)cc2)cc1. The average Bonchev–Trinajstić information content (AvgIpc) is 2.75. The van der Waals surface area contributed by atoms with Gasteiger partial charge in [-0.15, -0.1) is 0 Å². The number of hydrogen-bond donors (Lipinski definition) is 1. The molecular formula is C22H21ClN2O3S. The van der Waals surface area contributed by atoms with Crippen LogP contribution in [0.5, 0.6) is 0 Å². The Labute approximate surface area is 176 Å². The van der Waals surface area contributed by atoms with Crippen LogP contribution in [-0.2, 0) is 16.4 Å². The number of benzene rings is 3. The van der Waals surface area contributed by atoms with Crippen molar-refractivity contribution in [2.24, 2.45) is 0 Å². The number of carbonyl (C=O) groups is 1. The van der Waals surface area contributed by atoms with Gasteiger partial charge in [0.2, 0.25) is 0 Å². The second-order valence-corrected chi connectivity index (χ2v) is 8.87. The molecule has 1 amide bonds. The van der Waals surface area contributed by atoms with Crippen LogP contribution >= 0.6 is 11.6 Å². The van der Waals surface area contributed by atoms with Crippen molar-refractivity contribution in [3.05, 3.63) is 95.0 Å². The number of amides is 1. The maximum atomic E-state index is 12.8. The lowest BCUT2D eigenvalue weighted by Gasteiger charge is -2.19. The highest BCUT2D eigenvalue weighted by Gasteiger charge is 2.21.